The first-order valence-corrected chi connectivity index (χ1v) is 11.6. The third kappa shape index (κ3) is 3.50. The molecule has 2 atom stereocenters. The van der Waals surface area contributed by atoms with Crippen LogP contribution in [0.15, 0.2) is 58.4 Å². The smallest absolute Gasteiger partial charge is 0.308 e. The normalized spacial score (nSPS) is 19.2. The number of aromatic nitrogens is 1. The maximum Gasteiger partial charge on any atom is 0.308 e. The van der Waals surface area contributed by atoms with Gasteiger partial charge in [-0.3, -0.25) is 14.2 Å². The monoisotopic (exact) mass is 440 g/mol. The van der Waals surface area contributed by atoms with E-state index >= 15 is 0 Å². The number of nitrogens with one attached hydrogen (secondary N) is 1. The summed E-state index contributed by atoms with van der Waals surface area (Å²) in [5.41, 5.74) is 1.77. The van der Waals surface area contributed by atoms with Gasteiger partial charge in [-0.25, -0.2) is 0 Å². The van der Waals surface area contributed by atoms with Crippen LogP contribution < -0.4 is 14.9 Å². The molecule has 0 saturated heterocycles. The van der Waals surface area contributed by atoms with Crippen LogP contribution in [0.25, 0.3) is 0 Å². The Hall–Kier alpha value is -2.71. The predicted molar refractivity (Wildman–Crippen MR) is 118 cm³/mol. The van der Waals surface area contributed by atoms with Crippen molar-refractivity contribution < 1.29 is 14.6 Å². The highest BCUT2D eigenvalue weighted by Gasteiger charge is 2.39. The minimum atomic E-state index is -0.164. The first-order chi connectivity index (χ1) is 14.6. The summed E-state index contributed by atoms with van der Waals surface area (Å²) in [5.74, 6) is 2.30. The molecule has 2 aliphatic rings. The number of thiazole rings is 1. The molecule has 0 aliphatic carbocycles. The number of anilines is 1. The summed E-state index contributed by atoms with van der Waals surface area (Å²) in [4.78, 5) is 26.2. The average Bonchev–Trinajstić information content (AvgIpc) is 3.08. The van der Waals surface area contributed by atoms with Crippen molar-refractivity contribution in [2.75, 3.05) is 17.7 Å². The van der Waals surface area contributed by atoms with Crippen molar-refractivity contribution >= 4 is 34.7 Å². The zero-order valence-electron chi connectivity index (χ0n) is 16.0. The van der Waals surface area contributed by atoms with Gasteiger partial charge in [0, 0.05) is 46.7 Å². The minimum Gasteiger partial charge on any atom is -0.508 e. The number of fused-ring (bicyclic) bond motifs is 5. The van der Waals surface area contributed by atoms with E-state index in [1.165, 1.54) is 23.5 Å². The summed E-state index contributed by atoms with van der Waals surface area (Å²) in [6.07, 6.45) is 0.207. The van der Waals surface area contributed by atoms with Crippen LogP contribution in [0.2, 0.25) is 0 Å². The third-order valence-corrected chi connectivity index (χ3v) is 7.98. The maximum absolute atomic E-state index is 12.8. The molecule has 3 aromatic rings. The summed E-state index contributed by atoms with van der Waals surface area (Å²) in [5, 5.41) is 13.1. The molecule has 154 valence electrons. The molecule has 30 heavy (non-hydrogen) atoms. The first-order valence-electron chi connectivity index (χ1n) is 9.77. The van der Waals surface area contributed by atoms with E-state index in [0.717, 1.165) is 27.0 Å². The molecular formula is C22H20N2O4S2. The van der Waals surface area contributed by atoms with Gasteiger partial charge in [0.05, 0.1) is 11.6 Å². The molecule has 0 unspecified atom stereocenters. The van der Waals surface area contributed by atoms with Crippen LogP contribution in [0.5, 0.6) is 11.5 Å². The van der Waals surface area contributed by atoms with Crippen molar-refractivity contribution in [1.82, 2.24) is 4.57 Å². The van der Waals surface area contributed by atoms with Crippen LogP contribution >= 0.6 is 23.1 Å². The highest BCUT2D eigenvalue weighted by Crippen LogP contribution is 2.50. The molecule has 0 radical (unpaired) electrons. The van der Waals surface area contributed by atoms with Gasteiger partial charge < -0.3 is 15.2 Å². The number of para-hydroxylation sites is 1. The second kappa shape index (κ2) is 7.85. The molecule has 8 heteroatoms. The number of rotatable bonds is 4. The lowest BCUT2D eigenvalue weighted by Gasteiger charge is -2.36. The van der Waals surface area contributed by atoms with Gasteiger partial charge in [0.1, 0.15) is 11.5 Å². The lowest BCUT2D eigenvalue weighted by atomic mass is 9.84. The number of phenols is 1. The Labute approximate surface area is 181 Å². The highest BCUT2D eigenvalue weighted by molar-refractivity contribution is 7.99. The molecule has 2 N–H and O–H groups in total. The van der Waals surface area contributed by atoms with Crippen LogP contribution in [0.4, 0.5) is 5.69 Å². The second-order valence-corrected chi connectivity index (χ2v) is 9.43. The fraction of sp³-hybridized carbons (Fsp3) is 0.273. The van der Waals surface area contributed by atoms with E-state index in [1.54, 1.807) is 28.5 Å². The quantitative estimate of drug-likeness (QED) is 0.602. The number of ether oxygens (including phenoxy) is 1. The number of benzene rings is 2. The van der Waals surface area contributed by atoms with Gasteiger partial charge in [0.25, 0.3) is 0 Å². The molecule has 1 aromatic heterocycles. The summed E-state index contributed by atoms with van der Waals surface area (Å²) in [6.45, 7) is 1.01. The minimum absolute atomic E-state index is 0.0189. The Morgan fingerprint density at radius 3 is 2.83 bits per heavy atom. The number of phenolic OH excluding ortho intramolecular Hbond substituents is 1. The maximum atomic E-state index is 12.8. The zero-order chi connectivity index (χ0) is 20.7. The first kappa shape index (κ1) is 19.3. The number of aromatic hydroxyl groups is 1. The summed E-state index contributed by atoms with van der Waals surface area (Å²) in [7, 11) is 0. The number of carbonyl (C=O) groups is 1. The van der Waals surface area contributed by atoms with Gasteiger partial charge in [-0.1, -0.05) is 29.5 Å². The van der Waals surface area contributed by atoms with Crippen LogP contribution in [-0.4, -0.2) is 27.9 Å². The van der Waals surface area contributed by atoms with E-state index in [1.807, 2.05) is 18.2 Å². The predicted octanol–water partition coefficient (Wildman–Crippen LogP) is 3.89. The number of carbonyl (C=O) groups excluding carboxylic acids is 1. The molecule has 0 fully saturated rings. The number of thioether (sulfide) groups is 1. The van der Waals surface area contributed by atoms with E-state index < -0.39 is 0 Å². The molecule has 0 saturated carbocycles. The van der Waals surface area contributed by atoms with E-state index in [0.29, 0.717) is 24.8 Å². The topological polar surface area (TPSA) is 80.6 Å². The summed E-state index contributed by atoms with van der Waals surface area (Å²) >= 11 is 2.98. The number of hydrogen-bond donors (Lipinski definition) is 2. The highest BCUT2D eigenvalue weighted by atomic mass is 32.2. The molecule has 1 amide bonds. The Morgan fingerprint density at radius 1 is 1.20 bits per heavy atom. The van der Waals surface area contributed by atoms with Gasteiger partial charge in [0.2, 0.25) is 5.91 Å². The third-order valence-electron chi connectivity index (χ3n) is 5.48. The van der Waals surface area contributed by atoms with E-state index in [4.69, 9.17) is 4.74 Å². The van der Waals surface area contributed by atoms with Gasteiger partial charge >= 0.3 is 4.87 Å². The fourth-order valence-electron chi connectivity index (χ4n) is 4.03. The van der Waals surface area contributed by atoms with Crippen molar-refractivity contribution in [3.63, 3.8) is 0 Å². The van der Waals surface area contributed by atoms with E-state index in [9.17, 15) is 14.7 Å². The fourth-order valence-corrected chi connectivity index (χ4v) is 6.77. The van der Waals surface area contributed by atoms with Gasteiger partial charge in [-0.15, -0.1) is 11.8 Å². The molecular weight excluding hydrogens is 420 g/mol. The molecule has 0 spiro atoms. The van der Waals surface area contributed by atoms with Gasteiger partial charge in [-0.2, -0.15) is 0 Å². The molecule has 3 heterocycles. The van der Waals surface area contributed by atoms with Crippen molar-refractivity contribution in [1.29, 1.82) is 0 Å². The molecule has 6 nitrogen and oxygen atoms in total. The Bertz CT molecular complexity index is 1150. The van der Waals surface area contributed by atoms with Crippen LogP contribution in [0, 0.1) is 5.92 Å². The van der Waals surface area contributed by atoms with Crippen molar-refractivity contribution in [3.05, 3.63) is 68.6 Å². The van der Waals surface area contributed by atoms with E-state index in [-0.39, 0.29) is 28.9 Å². The lowest BCUT2D eigenvalue weighted by molar-refractivity contribution is -0.116. The Kier molecular flexibility index (Phi) is 5.04. The molecule has 5 rings (SSSR count). The number of hydrogen-bond acceptors (Lipinski definition) is 6. The van der Waals surface area contributed by atoms with Crippen LogP contribution in [-0.2, 0) is 11.3 Å². The Morgan fingerprint density at radius 2 is 2.00 bits per heavy atom. The van der Waals surface area contributed by atoms with Crippen LogP contribution in [0.1, 0.15) is 22.8 Å². The summed E-state index contributed by atoms with van der Waals surface area (Å²) in [6, 6.07) is 14.4. The lowest BCUT2D eigenvalue weighted by Crippen LogP contribution is -2.31. The van der Waals surface area contributed by atoms with Crippen molar-refractivity contribution in [2.24, 2.45) is 5.92 Å². The van der Waals surface area contributed by atoms with Crippen molar-refractivity contribution in [3.8, 4) is 11.5 Å². The zero-order valence-corrected chi connectivity index (χ0v) is 17.7. The SMILES string of the molecule is O=C(CCn1c2c(sc1=O)[C@H]1c3ccccc3OC[C@H]1CS2)Nc1ccc(O)cc1. The molecule has 2 aromatic carbocycles. The second-order valence-electron chi connectivity index (χ2n) is 7.43. The largest absolute Gasteiger partial charge is 0.508 e. The Balaban J connectivity index is 1.36. The molecule has 2 aliphatic heterocycles. The van der Waals surface area contributed by atoms with E-state index in [2.05, 4.69) is 11.4 Å². The number of nitrogens with zero attached hydrogens (tertiary/aromatic N) is 1. The summed E-state index contributed by atoms with van der Waals surface area (Å²) < 4.78 is 7.67. The van der Waals surface area contributed by atoms with Gasteiger partial charge in [-0.05, 0) is 30.3 Å². The standard InChI is InChI=1S/C22H20N2O4S2/c25-15-7-5-14(6-8-15)23-18(26)9-10-24-21-20(30-22(24)27)19-13(12-29-21)11-28-17-4-2-1-3-16(17)19/h1-8,13,19,25H,9-12H2,(H,23,26)/t13-,19+/m0/s1. The molecule has 0 bridgehead atoms. The average molecular weight is 441 g/mol. The van der Waals surface area contributed by atoms with Crippen molar-refractivity contribution in [2.45, 2.75) is 23.9 Å². The number of amides is 1. The van der Waals surface area contributed by atoms with Crippen LogP contribution in [0.3, 0.4) is 0 Å². The van der Waals surface area contributed by atoms with Gasteiger partial charge in [0.15, 0.2) is 0 Å².